The Morgan fingerprint density at radius 1 is 1.30 bits per heavy atom. The quantitative estimate of drug-likeness (QED) is 0.643. The van der Waals surface area contributed by atoms with Crippen molar-refractivity contribution in [1.82, 2.24) is 9.97 Å². The first kappa shape index (κ1) is 14.3. The van der Waals surface area contributed by atoms with Crippen LogP contribution in [0.15, 0.2) is 16.5 Å². The van der Waals surface area contributed by atoms with Crippen molar-refractivity contribution in [3.63, 3.8) is 0 Å². The highest BCUT2D eigenvalue weighted by molar-refractivity contribution is 5.57. The van der Waals surface area contributed by atoms with E-state index in [0.29, 0.717) is 12.4 Å². The molecule has 0 amide bonds. The maximum atomic E-state index is 5.60. The van der Waals surface area contributed by atoms with Gasteiger partial charge in [-0.1, -0.05) is 6.92 Å². The lowest BCUT2D eigenvalue weighted by atomic mass is 10.2. The number of aromatic nitrogens is 2. The van der Waals surface area contributed by atoms with Gasteiger partial charge in [0.2, 0.25) is 0 Å². The number of nitrogens with one attached hydrogen (secondary N) is 1. The zero-order valence-corrected chi connectivity index (χ0v) is 12.4. The largest absolute Gasteiger partial charge is 0.464 e. The second-order valence-electron chi connectivity index (χ2n) is 4.80. The highest BCUT2D eigenvalue weighted by atomic mass is 16.3. The average Bonchev–Trinajstić information content (AvgIpc) is 2.84. The predicted octanol–water partition coefficient (Wildman–Crippen LogP) is 2.17. The van der Waals surface area contributed by atoms with E-state index in [0.717, 1.165) is 35.1 Å². The molecule has 0 atom stereocenters. The van der Waals surface area contributed by atoms with Crippen molar-refractivity contribution in [2.45, 2.75) is 33.7 Å². The minimum atomic E-state index is 0.652. The fourth-order valence-electron chi connectivity index (χ4n) is 2.10. The molecule has 2 aromatic rings. The van der Waals surface area contributed by atoms with E-state index in [1.165, 1.54) is 0 Å². The second kappa shape index (κ2) is 5.92. The molecule has 20 heavy (non-hydrogen) atoms. The third-order valence-corrected chi connectivity index (χ3v) is 3.17. The molecule has 0 unspecified atom stereocenters. The molecule has 0 saturated heterocycles. The van der Waals surface area contributed by atoms with Crippen LogP contribution in [0.25, 0.3) is 0 Å². The van der Waals surface area contributed by atoms with Crippen molar-refractivity contribution in [1.29, 1.82) is 0 Å². The topological polar surface area (TPSA) is 80.2 Å². The Kier molecular flexibility index (Phi) is 4.24. The number of hydrogen-bond acceptors (Lipinski definition) is 6. The van der Waals surface area contributed by atoms with Gasteiger partial charge in [0.15, 0.2) is 0 Å². The lowest BCUT2D eigenvalue weighted by molar-refractivity contribution is 0.481. The Hall–Kier alpha value is -2.08. The number of aryl methyl sites for hydroxylation is 2. The standard InChI is InChI=1S/C14H21N5O/c1-5-12-16-13(18-15)10(3)14(17-12)19(4)8-11-7-6-9(2)20-11/h6-7H,5,8,15H2,1-4H3,(H,16,17,18). The molecule has 0 aliphatic rings. The molecule has 2 heterocycles. The van der Waals surface area contributed by atoms with Crippen LogP contribution in [0.4, 0.5) is 11.6 Å². The van der Waals surface area contributed by atoms with Gasteiger partial charge in [-0.25, -0.2) is 15.8 Å². The van der Waals surface area contributed by atoms with Crippen molar-refractivity contribution < 1.29 is 4.42 Å². The SMILES string of the molecule is CCc1nc(NN)c(C)c(N(C)Cc2ccc(C)o2)n1. The molecule has 6 heteroatoms. The summed E-state index contributed by atoms with van der Waals surface area (Å²) in [5, 5.41) is 0. The van der Waals surface area contributed by atoms with Crippen molar-refractivity contribution in [2.24, 2.45) is 5.84 Å². The maximum absolute atomic E-state index is 5.60. The molecule has 3 N–H and O–H groups in total. The number of anilines is 2. The highest BCUT2D eigenvalue weighted by Gasteiger charge is 2.14. The molecule has 0 radical (unpaired) electrons. The van der Waals surface area contributed by atoms with Crippen LogP contribution in [-0.2, 0) is 13.0 Å². The summed E-state index contributed by atoms with van der Waals surface area (Å²) in [6, 6.07) is 3.94. The van der Waals surface area contributed by atoms with E-state index >= 15 is 0 Å². The van der Waals surface area contributed by atoms with Crippen LogP contribution in [0.3, 0.4) is 0 Å². The number of rotatable bonds is 5. The molecule has 6 nitrogen and oxygen atoms in total. The van der Waals surface area contributed by atoms with E-state index < -0.39 is 0 Å². The zero-order valence-electron chi connectivity index (χ0n) is 12.4. The van der Waals surface area contributed by atoms with Gasteiger partial charge in [-0.2, -0.15) is 0 Å². The second-order valence-corrected chi connectivity index (χ2v) is 4.80. The molecule has 0 fully saturated rings. The summed E-state index contributed by atoms with van der Waals surface area (Å²) in [5.74, 6) is 9.62. The van der Waals surface area contributed by atoms with Gasteiger partial charge in [0.05, 0.1) is 6.54 Å². The van der Waals surface area contributed by atoms with Gasteiger partial charge >= 0.3 is 0 Å². The summed E-state index contributed by atoms with van der Waals surface area (Å²) in [7, 11) is 1.98. The van der Waals surface area contributed by atoms with Crippen LogP contribution in [0.2, 0.25) is 0 Å². The highest BCUT2D eigenvalue weighted by Crippen LogP contribution is 2.24. The van der Waals surface area contributed by atoms with Gasteiger partial charge in [-0.3, -0.25) is 0 Å². The summed E-state index contributed by atoms with van der Waals surface area (Å²) in [6.07, 6.45) is 0.760. The third kappa shape index (κ3) is 2.91. The smallest absolute Gasteiger partial charge is 0.148 e. The molecule has 2 aromatic heterocycles. The molecule has 0 spiro atoms. The van der Waals surface area contributed by atoms with E-state index in [1.54, 1.807) is 0 Å². The summed E-state index contributed by atoms with van der Waals surface area (Å²) < 4.78 is 5.60. The number of nitrogens with two attached hydrogens (primary N) is 1. The molecule has 0 aromatic carbocycles. The first-order valence-corrected chi connectivity index (χ1v) is 6.65. The lowest BCUT2D eigenvalue weighted by Gasteiger charge is -2.21. The molecule has 2 rings (SSSR count). The molecule has 0 saturated carbocycles. The fraction of sp³-hybridized carbons (Fsp3) is 0.429. The van der Waals surface area contributed by atoms with E-state index in [2.05, 4.69) is 15.4 Å². The van der Waals surface area contributed by atoms with E-state index in [4.69, 9.17) is 10.3 Å². The van der Waals surface area contributed by atoms with Gasteiger partial charge in [0, 0.05) is 19.0 Å². The van der Waals surface area contributed by atoms with Crippen molar-refractivity contribution in [3.05, 3.63) is 35.0 Å². The normalized spacial score (nSPS) is 10.7. The monoisotopic (exact) mass is 275 g/mol. The number of nitrogen functional groups attached to an aromatic ring is 1. The summed E-state index contributed by atoms with van der Waals surface area (Å²) in [6.45, 7) is 6.56. The minimum Gasteiger partial charge on any atom is -0.464 e. The van der Waals surface area contributed by atoms with Crippen LogP contribution in [0, 0.1) is 13.8 Å². The van der Waals surface area contributed by atoms with Crippen LogP contribution < -0.4 is 16.2 Å². The fourth-order valence-corrected chi connectivity index (χ4v) is 2.10. The van der Waals surface area contributed by atoms with Gasteiger partial charge in [0.1, 0.15) is 29.0 Å². The Morgan fingerprint density at radius 3 is 2.60 bits per heavy atom. The Morgan fingerprint density at radius 2 is 2.05 bits per heavy atom. The molecule has 0 aliphatic carbocycles. The summed E-state index contributed by atoms with van der Waals surface area (Å²) in [5.41, 5.74) is 3.56. The summed E-state index contributed by atoms with van der Waals surface area (Å²) >= 11 is 0. The molecular formula is C14H21N5O. The average molecular weight is 275 g/mol. The van der Waals surface area contributed by atoms with Crippen LogP contribution in [0.1, 0.15) is 29.8 Å². The molecule has 108 valence electrons. The van der Waals surface area contributed by atoms with Crippen LogP contribution in [-0.4, -0.2) is 17.0 Å². The number of hydrogen-bond donors (Lipinski definition) is 2. The van der Waals surface area contributed by atoms with Crippen molar-refractivity contribution in [2.75, 3.05) is 17.4 Å². The van der Waals surface area contributed by atoms with E-state index in [9.17, 15) is 0 Å². The van der Waals surface area contributed by atoms with Gasteiger partial charge in [0.25, 0.3) is 0 Å². The Balaban J connectivity index is 2.30. The van der Waals surface area contributed by atoms with Crippen molar-refractivity contribution in [3.8, 4) is 0 Å². The van der Waals surface area contributed by atoms with E-state index in [-0.39, 0.29) is 0 Å². The molecule has 0 aliphatic heterocycles. The number of nitrogens with zero attached hydrogens (tertiary/aromatic N) is 3. The first-order valence-electron chi connectivity index (χ1n) is 6.65. The van der Waals surface area contributed by atoms with Crippen molar-refractivity contribution >= 4 is 11.6 Å². The minimum absolute atomic E-state index is 0.652. The van der Waals surface area contributed by atoms with Gasteiger partial charge < -0.3 is 14.7 Å². The van der Waals surface area contributed by atoms with Gasteiger partial charge in [-0.05, 0) is 26.0 Å². The number of hydrazine groups is 1. The Bertz CT molecular complexity index is 593. The third-order valence-electron chi connectivity index (χ3n) is 3.17. The Labute approximate surface area is 119 Å². The van der Waals surface area contributed by atoms with Gasteiger partial charge in [-0.15, -0.1) is 0 Å². The first-order chi connectivity index (χ1) is 9.55. The van der Waals surface area contributed by atoms with Crippen LogP contribution >= 0.6 is 0 Å². The van der Waals surface area contributed by atoms with Crippen LogP contribution in [0.5, 0.6) is 0 Å². The molecular weight excluding hydrogens is 254 g/mol. The summed E-state index contributed by atoms with van der Waals surface area (Å²) in [4.78, 5) is 11.0. The predicted molar refractivity (Wildman–Crippen MR) is 79.5 cm³/mol. The van der Waals surface area contributed by atoms with E-state index in [1.807, 2.05) is 44.9 Å². The number of furan rings is 1. The molecule has 0 bridgehead atoms. The zero-order chi connectivity index (χ0) is 14.7. The lowest BCUT2D eigenvalue weighted by Crippen LogP contribution is -2.21. The maximum Gasteiger partial charge on any atom is 0.148 e.